The standard InChI is InChI=1S/C36H39F3N4O3/c1-23-33(28-6-4-5-7-30(28)40-23)34-29(35(34,2)3)20-32(45)43(21-24-8-10-25(11-9-24)36(37,38)39)22-31(44)41-26-12-14-27(15-13-26)42-16-18-46-19-17-42/h4-15,29,34,40H,16-22H2,1-3H3,(H,41,44)/t29-,34-/m0/s1. The molecule has 2 amide bonds. The van der Waals surface area contributed by atoms with Crippen LogP contribution >= 0.6 is 0 Å². The fourth-order valence-electron chi connectivity index (χ4n) is 6.92. The molecule has 4 aromatic rings. The van der Waals surface area contributed by atoms with Crippen molar-refractivity contribution in [3.05, 3.63) is 95.2 Å². The molecule has 7 nitrogen and oxygen atoms in total. The number of carbonyl (C=O) groups is 2. The summed E-state index contributed by atoms with van der Waals surface area (Å²) in [6.45, 7) is 9.09. The number of amides is 2. The van der Waals surface area contributed by atoms with E-state index in [0.29, 0.717) is 24.5 Å². The number of fused-ring (bicyclic) bond motifs is 1. The normalized spacial score (nSPS) is 19.2. The molecule has 1 aliphatic heterocycles. The molecule has 2 fully saturated rings. The van der Waals surface area contributed by atoms with Crippen molar-refractivity contribution in [3.63, 3.8) is 0 Å². The first-order valence-electron chi connectivity index (χ1n) is 15.7. The first-order chi connectivity index (χ1) is 21.9. The van der Waals surface area contributed by atoms with Gasteiger partial charge in [-0.25, -0.2) is 0 Å². The van der Waals surface area contributed by atoms with Gasteiger partial charge in [0.1, 0.15) is 6.54 Å². The molecule has 2 heterocycles. The minimum absolute atomic E-state index is 0.0181. The number of H-pyrrole nitrogens is 1. The van der Waals surface area contributed by atoms with E-state index in [2.05, 4.69) is 42.0 Å². The Hall–Kier alpha value is -4.31. The van der Waals surface area contributed by atoms with Gasteiger partial charge in [-0.1, -0.05) is 44.2 Å². The summed E-state index contributed by atoms with van der Waals surface area (Å²) in [5.74, 6) is -0.391. The zero-order valence-corrected chi connectivity index (χ0v) is 26.3. The Bertz CT molecular complexity index is 1710. The van der Waals surface area contributed by atoms with Crippen LogP contribution in [-0.4, -0.2) is 54.5 Å². The van der Waals surface area contributed by atoms with Gasteiger partial charge in [0, 0.05) is 54.0 Å². The maximum Gasteiger partial charge on any atom is 0.416 e. The van der Waals surface area contributed by atoms with Crippen LogP contribution in [0.25, 0.3) is 10.9 Å². The fraction of sp³-hybridized carbons (Fsp3) is 0.389. The summed E-state index contributed by atoms with van der Waals surface area (Å²) in [5, 5.41) is 4.03. The highest BCUT2D eigenvalue weighted by Crippen LogP contribution is 2.67. The lowest BCUT2D eigenvalue weighted by Crippen LogP contribution is -2.38. The van der Waals surface area contributed by atoms with Crippen molar-refractivity contribution >= 4 is 34.1 Å². The van der Waals surface area contributed by atoms with Crippen molar-refractivity contribution in [3.8, 4) is 0 Å². The van der Waals surface area contributed by atoms with Gasteiger partial charge in [-0.3, -0.25) is 9.59 Å². The van der Waals surface area contributed by atoms with Gasteiger partial charge in [-0.05, 0) is 77.8 Å². The predicted molar refractivity (Wildman–Crippen MR) is 173 cm³/mol. The molecule has 1 saturated heterocycles. The van der Waals surface area contributed by atoms with E-state index in [9.17, 15) is 22.8 Å². The summed E-state index contributed by atoms with van der Waals surface area (Å²) in [6.07, 6.45) is -4.24. The van der Waals surface area contributed by atoms with Gasteiger partial charge >= 0.3 is 6.18 Å². The first-order valence-corrected chi connectivity index (χ1v) is 15.7. The summed E-state index contributed by atoms with van der Waals surface area (Å²) in [7, 11) is 0. The monoisotopic (exact) mass is 632 g/mol. The summed E-state index contributed by atoms with van der Waals surface area (Å²) in [4.78, 5) is 34.3. The number of aryl methyl sites for hydroxylation is 1. The molecule has 1 aliphatic carbocycles. The lowest BCUT2D eigenvalue weighted by Gasteiger charge is -2.29. The lowest BCUT2D eigenvalue weighted by molar-refractivity contribution is -0.137. The quantitative estimate of drug-likeness (QED) is 0.206. The third-order valence-corrected chi connectivity index (χ3v) is 9.57. The van der Waals surface area contributed by atoms with Crippen LogP contribution in [0, 0.1) is 18.3 Å². The van der Waals surface area contributed by atoms with Gasteiger partial charge in [0.05, 0.1) is 18.8 Å². The number of morpholine rings is 1. The number of anilines is 2. The molecule has 0 spiro atoms. The highest BCUT2D eigenvalue weighted by Gasteiger charge is 2.59. The third kappa shape index (κ3) is 6.63. The Morgan fingerprint density at radius 3 is 2.35 bits per heavy atom. The number of hydrogen-bond acceptors (Lipinski definition) is 4. The molecule has 242 valence electrons. The molecule has 2 atom stereocenters. The first kappa shape index (κ1) is 31.7. The van der Waals surface area contributed by atoms with E-state index in [1.807, 2.05) is 42.5 Å². The van der Waals surface area contributed by atoms with Gasteiger partial charge in [0.25, 0.3) is 0 Å². The molecule has 10 heteroatoms. The largest absolute Gasteiger partial charge is 0.416 e. The second-order valence-electron chi connectivity index (χ2n) is 13.0. The average molecular weight is 633 g/mol. The van der Waals surface area contributed by atoms with Crippen molar-refractivity contribution in [1.82, 2.24) is 9.88 Å². The minimum atomic E-state index is -4.46. The van der Waals surface area contributed by atoms with Gasteiger partial charge in [0.15, 0.2) is 0 Å². The third-order valence-electron chi connectivity index (χ3n) is 9.57. The summed E-state index contributed by atoms with van der Waals surface area (Å²) >= 11 is 0. The molecule has 0 bridgehead atoms. The Labute approximate surface area is 266 Å². The second-order valence-corrected chi connectivity index (χ2v) is 13.0. The Balaban J connectivity index is 1.18. The van der Waals surface area contributed by atoms with Crippen LogP contribution < -0.4 is 10.2 Å². The molecule has 2 N–H and O–H groups in total. The Morgan fingerprint density at radius 1 is 1.00 bits per heavy atom. The zero-order valence-electron chi connectivity index (χ0n) is 26.3. The number of para-hydroxylation sites is 1. The number of aromatic amines is 1. The van der Waals surface area contributed by atoms with Crippen LogP contribution in [0.1, 0.15) is 48.6 Å². The van der Waals surface area contributed by atoms with Crippen molar-refractivity contribution < 1.29 is 27.5 Å². The SMILES string of the molecule is Cc1[nH]c2ccccc2c1[C@@H]1[C@H](CC(=O)N(CC(=O)Nc2ccc(N3CCOCC3)cc2)Cc2ccc(C(F)(F)F)cc2)C1(C)C. The highest BCUT2D eigenvalue weighted by molar-refractivity contribution is 5.95. The van der Waals surface area contributed by atoms with Gasteiger partial charge in [-0.15, -0.1) is 0 Å². The highest BCUT2D eigenvalue weighted by atomic mass is 19.4. The number of rotatable bonds is 9. The van der Waals surface area contributed by atoms with Gasteiger partial charge in [0.2, 0.25) is 11.8 Å². The van der Waals surface area contributed by atoms with E-state index in [4.69, 9.17) is 4.74 Å². The van der Waals surface area contributed by atoms with E-state index >= 15 is 0 Å². The number of nitrogens with one attached hydrogen (secondary N) is 2. The maximum atomic E-state index is 13.9. The number of ether oxygens (including phenoxy) is 1. The minimum Gasteiger partial charge on any atom is -0.378 e. The molecule has 2 aliphatic rings. The molecular formula is C36H39F3N4O3. The molecule has 1 aromatic heterocycles. The average Bonchev–Trinajstić information content (AvgIpc) is 3.37. The van der Waals surface area contributed by atoms with Crippen LogP contribution in [0.2, 0.25) is 0 Å². The number of nitrogens with zero attached hydrogens (tertiary/aromatic N) is 2. The van der Waals surface area contributed by atoms with Crippen LogP contribution in [0.3, 0.4) is 0 Å². The Kier molecular flexibility index (Phi) is 8.58. The van der Waals surface area contributed by atoms with E-state index in [-0.39, 0.29) is 48.6 Å². The molecule has 0 unspecified atom stereocenters. The van der Waals surface area contributed by atoms with Gasteiger partial charge < -0.3 is 24.8 Å². The number of halogens is 3. The van der Waals surface area contributed by atoms with Crippen molar-refractivity contribution in [2.45, 2.75) is 45.8 Å². The molecule has 6 rings (SSSR count). The zero-order chi connectivity index (χ0) is 32.6. The van der Waals surface area contributed by atoms with Crippen LogP contribution in [0.4, 0.5) is 24.5 Å². The number of hydrogen-bond donors (Lipinski definition) is 2. The van der Waals surface area contributed by atoms with E-state index in [1.165, 1.54) is 22.6 Å². The molecule has 3 aromatic carbocycles. The summed E-state index contributed by atoms with van der Waals surface area (Å²) in [5.41, 5.74) is 4.60. The summed E-state index contributed by atoms with van der Waals surface area (Å²) in [6, 6.07) is 20.4. The van der Waals surface area contributed by atoms with Crippen LogP contribution in [0.5, 0.6) is 0 Å². The van der Waals surface area contributed by atoms with E-state index in [1.54, 1.807) is 0 Å². The number of benzene rings is 3. The second kappa shape index (κ2) is 12.5. The number of aromatic nitrogens is 1. The van der Waals surface area contributed by atoms with Crippen molar-refractivity contribution in [1.29, 1.82) is 0 Å². The smallest absolute Gasteiger partial charge is 0.378 e. The topological polar surface area (TPSA) is 77.7 Å². The van der Waals surface area contributed by atoms with Crippen LogP contribution in [0.15, 0.2) is 72.8 Å². The van der Waals surface area contributed by atoms with Crippen molar-refractivity contribution in [2.24, 2.45) is 11.3 Å². The van der Waals surface area contributed by atoms with E-state index < -0.39 is 11.7 Å². The molecule has 1 saturated carbocycles. The van der Waals surface area contributed by atoms with Crippen LogP contribution in [-0.2, 0) is 27.0 Å². The predicted octanol–water partition coefficient (Wildman–Crippen LogP) is 7.13. The Morgan fingerprint density at radius 2 is 1.67 bits per heavy atom. The lowest BCUT2D eigenvalue weighted by atomic mass is 10.0. The fourth-order valence-corrected chi connectivity index (χ4v) is 6.92. The number of alkyl halides is 3. The summed E-state index contributed by atoms with van der Waals surface area (Å²) < 4.78 is 45.0. The van der Waals surface area contributed by atoms with Crippen molar-refractivity contribution in [2.75, 3.05) is 43.1 Å². The van der Waals surface area contributed by atoms with Gasteiger partial charge in [-0.2, -0.15) is 13.2 Å². The molecule has 0 radical (unpaired) electrons. The molecular weight excluding hydrogens is 593 g/mol. The maximum absolute atomic E-state index is 13.9. The molecule has 46 heavy (non-hydrogen) atoms. The number of carbonyl (C=O) groups excluding carboxylic acids is 2. The van der Waals surface area contributed by atoms with E-state index in [0.717, 1.165) is 47.5 Å².